The average Bonchev–Trinajstić information content (AvgIpc) is 2.41. The first kappa shape index (κ1) is 20.1. The van der Waals surface area contributed by atoms with E-state index >= 15 is 0 Å². The van der Waals surface area contributed by atoms with Gasteiger partial charge in [0.2, 0.25) is 15.9 Å². The minimum atomic E-state index is -3.72. The Morgan fingerprint density at radius 1 is 1.30 bits per heavy atom. The molecule has 0 bridgehead atoms. The lowest BCUT2D eigenvalue weighted by Gasteiger charge is -2.30. The summed E-state index contributed by atoms with van der Waals surface area (Å²) in [5, 5.41) is 3.36. The van der Waals surface area contributed by atoms with E-state index in [1.54, 1.807) is 6.07 Å². The van der Waals surface area contributed by atoms with Crippen LogP contribution in [-0.2, 0) is 14.8 Å². The molecule has 2 atom stereocenters. The molecule has 1 N–H and O–H groups in total. The summed E-state index contributed by atoms with van der Waals surface area (Å²) >= 11 is 12.0. The summed E-state index contributed by atoms with van der Waals surface area (Å²) in [6, 6.07) is 3.51. The molecular formula is C15H22Cl2N2O3S. The largest absolute Gasteiger partial charge is 0.352 e. The number of nitrogens with zero attached hydrogens (tertiary/aromatic N) is 1. The lowest BCUT2D eigenvalue weighted by atomic mass is 10.2. The third-order valence-electron chi connectivity index (χ3n) is 3.34. The Morgan fingerprint density at radius 3 is 2.43 bits per heavy atom. The lowest BCUT2D eigenvalue weighted by molar-refractivity contribution is -0.122. The molecule has 5 nitrogen and oxygen atoms in total. The summed E-state index contributed by atoms with van der Waals surface area (Å²) in [6.45, 7) is 5.41. The molecule has 0 saturated heterocycles. The summed E-state index contributed by atoms with van der Waals surface area (Å²) in [7, 11) is -3.72. The molecule has 0 aliphatic carbocycles. The summed E-state index contributed by atoms with van der Waals surface area (Å²) in [4.78, 5) is 12.4. The first-order valence-electron chi connectivity index (χ1n) is 7.32. The van der Waals surface area contributed by atoms with Gasteiger partial charge in [0, 0.05) is 11.1 Å². The van der Waals surface area contributed by atoms with Crippen LogP contribution in [0.5, 0.6) is 0 Å². The molecule has 130 valence electrons. The van der Waals surface area contributed by atoms with Gasteiger partial charge in [0.15, 0.2) is 0 Å². The molecular weight excluding hydrogens is 359 g/mol. The Morgan fingerprint density at radius 2 is 1.91 bits per heavy atom. The molecule has 1 aromatic carbocycles. The number of hydrogen-bond acceptors (Lipinski definition) is 3. The molecule has 0 spiro atoms. The topological polar surface area (TPSA) is 66.5 Å². The van der Waals surface area contributed by atoms with Crippen molar-refractivity contribution in [1.29, 1.82) is 0 Å². The molecule has 23 heavy (non-hydrogen) atoms. The Labute approximate surface area is 148 Å². The number of carbonyl (C=O) groups is 1. The second kappa shape index (κ2) is 8.22. The highest BCUT2D eigenvalue weighted by atomic mass is 35.5. The molecule has 8 heteroatoms. The SMILES string of the molecule is CCC[C@H](C)NC(=O)[C@@H](C)N(c1cc(Cl)ccc1Cl)S(C)(=O)=O. The van der Waals surface area contributed by atoms with E-state index in [1.165, 1.54) is 19.1 Å². The predicted octanol–water partition coefficient (Wildman–Crippen LogP) is 3.45. The van der Waals surface area contributed by atoms with Crippen molar-refractivity contribution in [2.45, 2.75) is 45.7 Å². The summed E-state index contributed by atoms with van der Waals surface area (Å²) < 4.78 is 25.4. The first-order valence-corrected chi connectivity index (χ1v) is 9.93. The van der Waals surface area contributed by atoms with Gasteiger partial charge in [-0.1, -0.05) is 36.5 Å². The van der Waals surface area contributed by atoms with E-state index < -0.39 is 16.1 Å². The van der Waals surface area contributed by atoms with E-state index in [1.807, 2.05) is 13.8 Å². The highest BCUT2D eigenvalue weighted by Gasteiger charge is 2.31. The van der Waals surface area contributed by atoms with Crippen LogP contribution in [0.4, 0.5) is 5.69 Å². The molecule has 1 rings (SSSR count). The molecule has 0 saturated carbocycles. The van der Waals surface area contributed by atoms with E-state index in [4.69, 9.17) is 23.2 Å². The van der Waals surface area contributed by atoms with Gasteiger partial charge in [-0.25, -0.2) is 8.42 Å². The first-order chi connectivity index (χ1) is 10.6. The van der Waals surface area contributed by atoms with Crippen molar-refractivity contribution in [2.24, 2.45) is 0 Å². The van der Waals surface area contributed by atoms with Crippen molar-refractivity contribution >= 4 is 44.8 Å². The van der Waals surface area contributed by atoms with E-state index in [-0.39, 0.29) is 22.7 Å². The Bertz CT molecular complexity index is 665. The van der Waals surface area contributed by atoms with E-state index in [0.29, 0.717) is 5.02 Å². The van der Waals surface area contributed by atoms with Gasteiger partial charge in [-0.15, -0.1) is 0 Å². The van der Waals surface area contributed by atoms with Gasteiger partial charge in [0.25, 0.3) is 0 Å². The normalized spacial score (nSPS) is 14.2. The monoisotopic (exact) mass is 380 g/mol. The van der Waals surface area contributed by atoms with Crippen LogP contribution in [0, 0.1) is 0 Å². The van der Waals surface area contributed by atoms with Crippen molar-refractivity contribution in [3.63, 3.8) is 0 Å². The van der Waals surface area contributed by atoms with Crippen molar-refractivity contribution in [3.05, 3.63) is 28.2 Å². The third-order valence-corrected chi connectivity index (χ3v) is 5.13. The smallest absolute Gasteiger partial charge is 0.243 e. The van der Waals surface area contributed by atoms with E-state index in [0.717, 1.165) is 23.4 Å². The lowest BCUT2D eigenvalue weighted by Crippen LogP contribution is -2.50. The minimum Gasteiger partial charge on any atom is -0.352 e. The predicted molar refractivity (Wildman–Crippen MR) is 95.8 cm³/mol. The minimum absolute atomic E-state index is 0.0359. The molecule has 0 aromatic heterocycles. The fourth-order valence-electron chi connectivity index (χ4n) is 2.30. The Balaban J connectivity index is 3.17. The van der Waals surface area contributed by atoms with Crippen molar-refractivity contribution in [1.82, 2.24) is 5.32 Å². The van der Waals surface area contributed by atoms with Crippen LogP contribution in [0.3, 0.4) is 0 Å². The molecule has 0 unspecified atom stereocenters. The molecule has 1 aromatic rings. The number of anilines is 1. The van der Waals surface area contributed by atoms with Gasteiger partial charge in [0.1, 0.15) is 6.04 Å². The fourth-order valence-corrected chi connectivity index (χ4v) is 3.91. The quantitative estimate of drug-likeness (QED) is 0.787. The van der Waals surface area contributed by atoms with Gasteiger partial charge in [-0.3, -0.25) is 9.10 Å². The van der Waals surface area contributed by atoms with Crippen molar-refractivity contribution < 1.29 is 13.2 Å². The zero-order valence-electron chi connectivity index (χ0n) is 13.6. The average molecular weight is 381 g/mol. The van der Waals surface area contributed by atoms with Crippen molar-refractivity contribution in [2.75, 3.05) is 10.6 Å². The van der Waals surface area contributed by atoms with Crippen LogP contribution in [0.15, 0.2) is 18.2 Å². The highest BCUT2D eigenvalue weighted by Crippen LogP contribution is 2.32. The molecule has 0 heterocycles. The molecule has 0 aliphatic heterocycles. The van der Waals surface area contributed by atoms with Crippen LogP contribution >= 0.6 is 23.2 Å². The van der Waals surface area contributed by atoms with Crippen molar-refractivity contribution in [3.8, 4) is 0 Å². The zero-order chi connectivity index (χ0) is 17.8. The number of benzene rings is 1. The number of amides is 1. The maximum atomic E-state index is 12.4. The Hall–Kier alpha value is -0.980. The molecule has 0 radical (unpaired) electrons. The number of sulfonamides is 1. The van der Waals surface area contributed by atoms with E-state index in [2.05, 4.69) is 5.32 Å². The van der Waals surface area contributed by atoms with Crippen LogP contribution < -0.4 is 9.62 Å². The number of carbonyl (C=O) groups excluding carboxylic acids is 1. The standard InChI is InChI=1S/C15H22Cl2N2O3S/c1-5-6-10(2)18-15(20)11(3)19(23(4,21)22)14-9-12(16)7-8-13(14)17/h7-11H,5-6H2,1-4H3,(H,18,20)/t10-,11+/m0/s1. The van der Waals surface area contributed by atoms with Crippen LogP contribution in [-0.4, -0.2) is 32.7 Å². The second-order valence-corrected chi connectivity index (χ2v) is 8.23. The van der Waals surface area contributed by atoms with E-state index in [9.17, 15) is 13.2 Å². The zero-order valence-corrected chi connectivity index (χ0v) is 16.0. The number of hydrogen-bond donors (Lipinski definition) is 1. The van der Waals surface area contributed by atoms with Gasteiger partial charge in [0.05, 0.1) is 17.0 Å². The summed E-state index contributed by atoms with van der Waals surface area (Å²) in [6.07, 6.45) is 2.77. The molecule has 0 aliphatic rings. The molecule has 1 amide bonds. The maximum Gasteiger partial charge on any atom is 0.243 e. The number of nitrogens with one attached hydrogen (secondary N) is 1. The number of rotatable bonds is 7. The fraction of sp³-hybridized carbons (Fsp3) is 0.533. The third kappa shape index (κ3) is 5.55. The van der Waals surface area contributed by atoms with Gasteiger partial charge in [-0.2, -0.15) is 0 Å². The maximum absolute atomic E-state index is 12.4. The van der Waals surface area contributed by atoms with Crippen LogP contribution in [0.2, 0.25) is 10.0 Å². The van der Waals surface area contributed by atoms with Gasteiger partial charge < -0.3 is 5.32 Å². The summed E-state index contributed by atoms with van der Waals surface area (Å²) in [5.41, 5.74) is 0.187. The highest BCUT2D eigenvalue weighted by molar-refractivity contribution is 7.92. The summed E-state index contributed by atoms with van der Waals surface area (Å²) in [5.74, 6) is -0.382. The van der Waals surface area contributed by atoms with Crippen LogP contribution in [0.25, 0.3) is 0 Å². The van der Waals surface area contributed by atoms with Gasteiger partial charge in [-0.05, 0) is 38.5 Å². The van der Waals surface area contributed by atoms with Gasteiger partial charge >= 0.3 is 0 Å². The van der Waals surface area contributed by atoms with Crippen LogP contribution in [0.1, 0.15) is 33.6 Å². The number of halogens is 2. The second-order valence-electron chi connectivity index (χ2n) is 5.53. The molecule has 0 fully saturated rings. The Kier molecular flexibility index (Phi) is 7.17.